The summed E-state index contributed by atoms with van der Waals surface area (Å²) >= 11 is 0. The van der Waals surface area contributed by atoms with Crippen molar-refractivity contribution in [2.24, 2.45) is 12.8 Å². The molecule has 9 nitrogen and oxygen atoms in total. The highest BCUT2D eigenvalue weighted by molar-refractivity contribution is 7.89. The largest absolute Gasteiger partial charge is 0.466 e. The Kier molecular flexibility index (Phi) is 6.72. The number of nitrogens with one attached hydrogen (secondary N) is 1. The highest BCUT2D eigenvalue weighted by Gasteiger charge is 2.29. The van der Waals surface area contributed by atoms with E-state index in [4.69, 9.17) is 20.9 Å². The maximum Gasteiger partial charge on any atom is 0.306 e. The van der Waals surface area contributed by atoms with Crippen LogP contribution in [0.2, 0.25) is 0 Å². The van der Waals surface area contributed by atoms with E-state index in [0.717, 1.165) is 23.9 Å². The molecule has 2 aromatic carbocycles. The molecule has 3 aromatic rings. The first-order valence-corrected chi connectivity index (χ1v) is 12.7. The average molecular weight is 484 g/mol. The Bertz CT molecular complexity index is 1330. The molecule has 0 bridgehead atoms. The number of benzene rings is 2. The maximum absolute atomic E-state index is 13.0. The van der Waals surface area contributed by atoms with E-state index in [9.17, 15) is 13.2 Å². The first-order valence-electron chi connectivity index (χ1n) is 11.3. The van der Waals surface area contributed by atoms with Crippen LogP contribution in [0.4, 0.5) is 0 Å². The molecule has 34 heavy (non-hydrogen) atoms. The van der Waals surface area contributed by atoms with Gasteiger partial charge < -0.3 is 15.0 Å². The lowest BCUT2D eigenvalue weighted by molar-refractivity contribution is -0.143. The number of rotatable bonds is 8. The number of ether oxygens (including phenoxy) is 1. The zero-order chi connectivity index (χ0) is 24.5. The van der Waals surface area contributed by atoms with Crippen LogP contribution >= 0.6 is 0 Å². The lowest BCUT2D eigenvalue weighted by Gasteiger charge is -2.17. The average Bonchev–Trinajstić information content (AvgIpc) is 3.47. The number of hydrogen-bond donors (Lipinski definition) is 2. The standard InChI is InChI=1S/C24H29N5O4S/c1-3-33-22(30)15-19(16-6-8-17(9-7-16)23(25)26)24-27-20-14-18(10-11-21(20)28(24)2)34(31,32)29-12-4-5-13-29/h6-11,14,19H,3-5,12-13,15H2,1-2H3,(H3,25,26). The van der Waals surface area contributed by atoms with Crippen LogP contribution in [0.25, 0.3) is 11.0 Å². The Morgan fingerprint density at radius 3 is 2.47 bits per heavy atom. The van der Waals surface area contributed by atoms with Gasteiger partial charge in [0.05, 0.1) is 34.9 Å². The second-order valence-electron chi connectivity index (χ2n) is 8.39. The molecule has 1 atom stereocenters. The van der Waals surface area contributed by atoms with E-state index >= 15 is 0 Å². The molecule has 1 unspecified atom stereocenters. The molecule has 1 aromatic heterocycles. The number of sulfonamides is 1. The van der Waals surface area contributed by atoms with Crippen molar-refractivity contribution in [3.63, 3.8) is 0 Å². The SMILES string of the molecule is CCOC(=O)CC(c1ccc(C(=N)N)cc1)c1nc2cc(S(=O)(=O)N3CCCC3)ccc2n1C. The van der Waals surface area contributed by atoms with Gasteiger partial charge in [0, 0.05) is 25.7 Å². The first kappa shape index (κ1) is 23.9. The number of aryl methyl sites for hydroxylation is 1. The summed E-state index contributed by atoms with van der Waals surface area (Å²) in [6.07, 6.45) is 1.81. The van der Waals surface area contributed by atoms with Gasteiger partial charge in [0.2, 0.25) is 10.0 Å². The Labute approximate surface area is 199 Å². The minimum atomic E-state index is -3.57. The van der Waals surface area contributed by atoms with Crippen molar-refractivity contribution in [2.75, 3.05) is 19.7 Å². The van der Waals surface area contributed by atoms with Gasteiger partial charge in [0.25, 0.3) is 0 Å². The number of esters is 1. The number of carbonyl (C=O) groups is 1. The van der Waals surface area contributed by atoms with Crippen LogP contribution in [0.1, 0.15) is 49.1 Å². The Morgan fingerprint density at radius 2 is 1.85 bits per heavy atom. The van der Waals surface area contributed by atoms with Gasteiger partial charge in [0.15, 0.2) is 0 Å². The molecular weight excluding hydrogens is 454 g/mol. The zero-order valence-electron chi connectivity index (χ0n) is 19.3. The fraction of sp³-hybridized carbons (Fsp3) is 0.375. The van der Waals surface area contributed by atoms with E-state index in [1.165, 1.54) is 4.31 Å². The van der Waals surface area contributed by atoms with E-state index in [1.54, 1.807) is 37.3 Å². The monoisotopic (exact) mass is 483 g/mol. The summed E-state index contributed by atoms with van der Waals surface area (Å²) in [5.74, 6) is -0.194. The molecule has 1 saturated heterocycles. The number of imidazole rings is 1. The second kappa shape index (κ2) is 9.55. The summed E-state index contributed by atoms with van der Waals surface area (Å²) < 4.78 is 34.7. The quantitative estimate of drug-likeness (QED) is 0.288. The van der Waals surface area contributed by atoms with Gasteiger partial charge in [-0.05, 0) is 43.5 Å². The minimum Gasteiger partial charge on any atom is -0.466 e. The molecule has 0 spiro atoms. The van der Waals surface area contributed by atoms with Crippen LogP contribution in [0.15, 0.2) is 47.4 Å². The third kappa shape index (κ3) is 4.55. The van der Waals surface area contributed by atoms with E-state index in [0.29, 0.717) is 30.0 Å². The predicted octanol–water partition coefficient (Wildman–Crippen LogP) is 2.73. The lowest BCUT2D eigenvalue weighted by atomic mass is 9.93. The van der Waals surface area contributed by atoms with Crippen LogP contribution < -0.4 is 5.73 Å². The number of aromatic nitrogens is 2. The van der Waals surface area contributed by atoms with Crippen molar-refractivity contribution in [3.05, 3.63) is 59.4 Å². The smallest absolute Gasteiger partial charge is 0.306 e. The van der Waals surface area contributed by atoms with Crippen LogP contribution in [-0.4, -0.2) is 53.8 Å². The van der Waals surface area contributed by atoms with Gasteiger partial charge in [0.1, 0.15) is 11.7 Å². The van der Waals surface area contributed by atoms with Crippen molar-refractivity contribution in [2.45, 2.75) is 37.0 Å². The summed E-state index contributed by atoms with van der Waals surface area (Å²) in [7, 11) is -1.72. The molecule has 4 rings (SSSR count). The third-order valence-electron chi connectivity index (χ3n) is 6.20. The number of nitrogens with zero attached hydrogens (tertiary/aromatic N) is 3. The van der Waals surface area contributed by atoms with Crippen molar-refractivity contribution < 1.29 is 17.9 Å². The van der Waals surface area contributed by atoms with Gasteiger partial charge in [-0.1, -0.05) is 24.3 Å². The molecule has 10 heteroatoms. The van der Waals surface area contributed by atoms with Gasteiger partial charge in [-0.2, -0.15) is 4.31 Å². The van der Waals surface area contributed by atoms with Crippen molar-refractivity contribution >= 4 is 32.9 Å². The Morgan fingerprint density at radius 1 is 1.18 bits per heavy atom. The van der Waals surface area contributed by atoms with E-state index in [1.807, 2.05) is 23.7 Å². The molecule has 3 N–H and O–H groups in total. The maximum atomic E-state index is 13.0. The molecule has 1 aliphatic rings. The summed E-state index contributed by atoms with van der Waals surface area (Å²) in [4.78, 5) is 17.4. The minimum absolute atomic E-state index is 0.0389. The Balaban J connectivity index is 1.77. The molecule has 2 heterocycles. The molecule has 0 radical (unpaired) electrons. The number of nitrogen functional groups attached to an aromatic ring is 1. The normalized spacial score (nSPS) is 15.5. The zero-order valence-corrected chi connectivity index (χ0v) is 20.1. The second-order valence-corrected chi connectivity index (χ2v) is 10.3. The van der Waals surface area contributed by atoms with E-state index in [-0.39, 0.29) is 29.7 Å². The predicted molar refractivity (Wildman–Crippen MR) is 129 cm³/mol. The van der Waals surface area contributed by atoms with Gasteiger partial charge in [-0.3, -0.25) is 10.2 Å². The van der Waals surface area contributed by atoms with Crippen molar-refractivity contribution in [1.29, 1.82) is 5.41 Å². The Hall–Kier alpha value is -3.24. The fourth-order valence-corrected chi connectivity index (χ4v) is 5.93. The topological polar surface area (TPSA) is 131 Å². The molecule has 0 amide bonds. The number of hydrogen-bond acceptors (Lipinski definition) is 6. The van der Waals surface area contributed by atoms with Crippen LogP contribution in [0.3, 0.4) is 0 Å². The number of amidine groups is 1. The molecular formula is C24H29N5O4S. The van der Waals surface area contributed by atoms with E-state index in [2.05, 4.69) is 0 Å². The number of nitrogens with two attached hydrogens (primary N) is 1. The molecule has 0 aliphatic carbocycles. The van der Waals surface area contributed by atoms with Crippen LogP contribution in [0, 0.1) is 5.41 Å². The van der Waals surface area contributed by atoms with Crippen LogP contribution in [0.5, 0.6) is 0 Å². The summed E-state index contributed by atoms with van der Waals surface area (Å²) in [6, 6.07) is 12.1. The summed E-state index contributed by atoms with van der Waals surface area (Å²) in [6.45, 7) is 3.10. The highest BCUT2D eigenvalue weighted by atomic mass is 32.2. The summed E-state index contributed by atoms with van der Waals surface area (Å²) in [5.41, 5.74) is 8.30. The third-order valence-corrected chi connectivity index (χ3v) is 8.10. The fourth-order valence-electron chi connectivity index (χ4n) is 4.39. The number of fused-ring (bicyclic) bond motifs is 1. The number of carbonyl (C=O) groups excluding carboxylic acids is 1. The van der Waals surface area contributed by atoms with Gasteiger partial charge >= 0.3 is 5.97 Å². The first-order chi connectivity index (χ1) is 16.2. The molecule has 1 aliphatic heterocycles. The molecule has 1 fully saturated rings. The summed E-state index contributed by atoms with van der Waals surface area (Å²) in [5, 5.41) is 7.62. The lowest BCUT2D eigenvalue weighted by Crippen LogP contribution is -2.27. The molecule has 180 valence electrons. The van der Waals surface area contributed by atoms with Crippen molar-refractivity contribution in [1.82, 2.24) is 13.9 Å². The van der Waals surface area contributed by atoms with Gasteiger partial charge in [-0.25, -0.2) is 13.4 Å². The highest BCUT2D eigenvalue weighted by Crippen LogP contribution is 2.32. The van der Waals surface area contributed by atoms with E-state index < -0.39 is 15.9 Å². The molecule has 0 saturated carbocycles. The van der Waals surface area contributed by atoms with Gasteiger partial charge in [-0.15, -0.1) is 0 Å². The van der Waals surface area contributed by atoms with Crippen molar-refractivity contribution in [3.8, 4) is 0 Å². The van der Waals surface area contributed by atoms with Crippen LogP contribution in [-0.2, 0) is 26.6 Å².